The zero-order valence-electron chi connectivity index (χ0n) is 29.4. The highest BCUT2D eigenvalue weighted by Crippen LogP contribution is 2.39. The van der Waals surface area contributed by atoms with Crippen LogP contribution in [0.25, 0.3) is 55.1 Å². The maximum atomic E-state index is 8.21. The Morgan fingerprint density at radius 2 is 1.36 bits per heavy atom. The SMILES string of the molecule is [2H]C([2H])([2H])c1cnc(-c2cccc3c2oc2c4ccccc4ccc32)cc1-c1cc(C([2H])([2H])[2H])c(C([2H])([2H])[2H])cc1C([2H])([2H])[2H]. The third-order valence-corrected chi connectivity index (χ3v) is 6.02. The minimum atomic E-state index is -2.94. The second kappa shape index (κ2) is 7.31. The summed E-state index contributed by atoms with van der Waals surface area (Å²) in [5.41, 5.74) is -0.499. The van der Waals surface area contributed by atoms with Gasteiger partial charge in [0, 0.05) is 44.4 Å². The zero-order chi connectivity index (χ0) is 32.7. The number of para-hydroxylation sites is 1. The third kappa shape index (κ3) is 3.06. The maximum Gasteiger partial charge on any atom is 0.144 e. The lowest BCUT2D eigenvalue weighted by Crippen LogP contribution is -1.94. The summed E-state index contributed by atoms with van der Waals surface area (Å²) in [4.78, 5) is 4.44. The molecule has 0 aliphatic rings. The number of pyridine rings is 1. The Hall–Kier alpha value is -3.91. The van der Waals surface area contributed by atoms with Gasteiger partial charge in [0.25, 0.3) is 0 Å². The number of hydrogen-bond acceptors (Lipinski definition) is 2. The Kier molecular flexibility index (Phi) is 2.39. The molecule has 0 bridgehead atoms. The molecule has 6 rings (SSSR count). The van der Waals surface area contributed by atoms with E-state index in [-0.39, 0.29) is 22.4 Å². The first-order chi connectivity index (χ1) is 20.9. The van der Waals surface area contributed by atoms with Crippen LogP contribution in [0.3, 0.4) is 0 Å². The topological polar surface area (TPSA) is 26.0 Å². The van der Waals surface area contributed by atoms with Gasteiger partial charge in [0.2, 0.25) is 0 Å². The first kappa shape index (κ1) is 10.8. The van der Waals surface area contributed by atoms with Crippen LogP contribution in [0.2, 0.25) is 0 Å². The Morgan fingerprint density at radius 3 is 2.24 bits per heavy atom. The highest BCUT2D eigenvalue weighted by molar-refractivity contribution is 6.17. The molecule has 2 heterocycles. The molecule has 0 saturated heterocycles. The fourth-order valence-electron chi connectivity index (χ4n) is 4.38. The number of benzene rings is 4. The summed E-state index contributed by atoms with van der Waals surface area (Å²) in [6.07, 6.45) is 1.12. The minimum Gasteiger partial charge on any atom is -0.455 e. The van der Waals surface area contributed by atoms with Gasteiger partial charge in [0.1, 0.15) is 11.2 Å². The van der Waals surface area contributed by atoms with Crippen LogP contribution in [-0.4, -0.2) is 4.98 Å². The lowest BCUT2D eigenvalue weighted by Gasteiger charge is -2.14. The number of fused-ring (bicyclic) bond motifs is 5. The third-order valence-electron chi connectivity index (χ3n) is 6.02. The van der Waals surface area contributed by atoms with Crippen molar-refractivity contribution < 1.29 is 20.9 Å². The van der Waals surface area contributed by atoms with Crippen molar-refractivity contribution in [2.75, 3.05) is 0 Å². The second-order valence-corrected chi connectivity index (χ2v) is 8.01. The number of rotatable bonds is 2. The van der Waals surface area contributed by atoms with E-state index in [2.05, 4.69) is 4.98 Å². The zero-order valence-corrected chi connectivity index (χ0v) is 17.4. The summed E-state index contributed by atoms with van der Waals surface area (Å²) in [6, 6.07) is 20.3. The van der Waals surface area contributed by atoms with Crippen molar-refractivity contribution in [1.82, 2.24) is 4.98 Å². The van der Waals surface area contributed by atoms with Gasteiger partial charge in [-0.05, 0) is 84.4 Å². The molecule has 2 heteroatoms. The van der Waals surface area contributed by atoms with Crippen molar-refractivity contribution in [3.8, 4) is 22.4 Å². The van der Waals surface area contributed by atoms with Crippen LogP contribution >= 0.6 is 0 Å². The molecule has 0 fully saturated rings. The summed E-state index contributed by atoms with van der Waals surface area (Å²) in [5.74, 6) is 0. The number of furan rings is 1. The van der Waals surface area contributed by atoms with E-state index in [0.29, 0.717) is 16.7 Å². The Balaban J connectivity index is 1.68. The standard InChI is InChI=1S/C31H25NO/c1-18-14-20(3)27(15-19(18)2)28-16-29(32-17-21(28)4)26-11-7-10-24-25-13-12-22-8-5-6-9-23(22)30(25)33-31(24)26/h5-17H,1-4H3/i1D3,2D3,3D3,4D3. The highest BCUT2D eigenvalue weighted by atomic mass is 16.3. The summed E-state index contributed by atoms with van der Waals surface area (Å²) < 4.78 is 104. The van der Waals surface area contributed by atoms with E-state index >= 15 is 0 Å². The quantitative estimate of drug-likeness (QED) is 0.270. The molecule has 0 radical (unpaired) electrons. The van der Waals surface area contributed by atoms with Crippen LogP contribution in [0.1, 0.15) is 38.7 Å². The molecule has 160 valence electrons. The van der Waals surface area contributed by atoms with Crippen molar-refractivity contribution >= 4 is 32.7 Å². The van der Waals surface area contributed by atoms with Gasteiger partial charge in [-0.3, -0.25) is 4.98 Å². The molecule has 0 atom stereocenters. The summed E-state index contributed by atoms with van der Waals surface area (Å²) in [6.45, 7) is -11.6. The summed E-state index contributed by atoms with van der Waals surface area (Å²) >= 11 is 0. The van der Waals surface area contributed by atoms with Crippen molar-refractivity contribution in [2.45, 2.75) is 27.4 Å². The minimum absolute atomic E-state index is 0.104. The molecule has 2 nitrogen and oxygen atoms in total. The van der Waals surface area contributed by atoms with Gasteiger partial charge in [-0.1, -0.05) is 54.6 Å². The molecular weight excluding hydrogens is 402 g/mol. The maximum absolute atomic E-state index is 8.21. The molecule has 0 aliphatic heterocycles. The lowest BCUT2D eigenvalue weighted by atomic mass is 9.92. The second-order valence-electron chi connectivity index (χ2n) is 8.01. The molecule has 0 aliphatic carbocycles. The predicted octanol–water partition coefficient (Wildman–Crippen LogP) is 8.70. The van der Waals surface area contributed by atoms with E-state index in [9.17, 15) is 0 Å². The van der Waals surface area contributed by atoms with Crippen molar-refractivity contribution in [3.05, 3.63) is 101 Å². The highest BCUT2D eigenvalue weighted by Gasteiger charge is 2.16. The van der Waals surface area contributed by atoms with Crippen LogP contribution in [-0.2, 0) is 0 Å². The Labute approximate surface area is 210 Å². The van der Waals surface area contributed by atoms with Gasteiger partial charge in [-0.2, -0.15) is 0 Å². The largest absolute Gasteiger partial charge is 0.455 e. The molecule has 0 spiro atoms. The number of nitrogens with zero attached hydrogens (tertiary/aromatic N) is 1. The van der Waals surface area contributed by atoms with Crippen molar-refractivity contribution in [1.29, 1.82) is 0 Å². The summed E-state index contributed by atoms with van der Waals surface area (Å²) in [7, 11) is 0. The molecule has 0 amide bonds. The molecular formula is C31H25NO. The smallest absolute Gasteiger partial charge is 0.144 e. The van der Waals surface area contributed by atoms with Gasteiger partial charge in [0.15, 0.2) is 0 Å². The summed E-state index contributed by atoms with van der Waals surface area (Å²) in [5, 5.41) is 3.52. The first-order valence-corrected chi connectivity index (χ1v) is 10.4. The molecule has 0 unspecified atom stereocenters. The normalized spacial score (nSPS) is 18.5. The van der Waals surface area contributed by atoms with Crippen LogP contribution in [0.5, 0.6) is 0 Å². The fraction of sp³-hybridized carbons (Fsp3) is 0.129. The van der Waals surface area contributed by atoms with E-state index in [1.54, 1.807) is 12.1 Å². The van der Waals surface area contributed by atoms with Gasteiger partial charge >= 0.3 is 0 Å². The lowest BCUT2D eigenvalue weighted by molar-refractivity contribution is 0.673. The molecule has 33 heavy (non-hydrogen) atoms. The van der Waals surface area contributed by atoms with Crippen LogP contribution in [0.15, 0.2) is 83.4 Å². The average Bonchev–Trinajstić information content (AvgIpc) is 3.34. The fourth-order valence-corrected chi connectivity index (χ4v) is 4.38. The van der Waals surface area contributed by atoms with Gasteiger partial charge in [0.05, 0.1) is 5.69 Å². The van der Waals surface area contributed by atoms with E-state index in [1.807, 2.05) is 42.5 Å². The van der Waals surface area contributed by atoms with E-state index in [4.69, 9.17) is 20.9 Å². The van der Waals surface area contributed by atoms with Crippen LogP contribution < -0.4 is 0 Å². The van der Waals surface area contributed by atoms with E-state index in [0.717, 1.165) is 39.9 Å². The van der Waals surface area contributed by atoms with E-state index in [1.165, 1.54) is 6.07 Å². The van der Waals surface area contributed by atoms with Crippen LogP contribution in [0.4, 0.5) is 0 Å². The molecule has 4 aromatic carbocycles. The first-order valence-electron chi connectivity index (χ1n) is 16.4. The number of hydrogen-bond donors (Lipinski definition) is 0. The molecule has 0 saturated carbocycles. The van der Waals surface area contributed by atoms with Crippen molar-refractivity contribution in [2.24, 2.45) is 0 Å². The average molecular weight is 440 g/mol. The van der Waals surface area contributed by atoms with Gasteiger partial charge in [-0.25, -0.2) is 0 Å². The molecule has 6 aromatic rings. The van der Waals surface area contributed by atoms with Crippen molar-refractivity contribution in [3.63, 3.8) is 0 Å². The molecule has 2 aromatic heterocycles. The van der Waals surface area contributed by atoms with Crippen LogP contribution in [0, 0.1) is 27.4 Å². The number of aromatic nitrogens is 1. The van der Waals surface area contributed by atoms with Gasteiger partial charge in [-0.15, -0.1) is 0 Å². The Bertz CT molecular complexity index is 2120. The number of aryl methyl sites for hydroxylation is 4. The monoisotopic (exact) mass is 439 g/mol. The van der Waals surface area contributed by atoms with Gasteiger partial charge < -0.3 is 4.42 Å². The molecule has 0 N–H and O–H groups in total. The Morgan fingerprint density at radius 1 is 0.606 bits per heavy atom. The van der Waals surface area contributed by atoms with E-state index < -0.39 is 44.1 Å². The predicted molar refractivity (Wildman–Crippen MR) is 139 cm³/mol.